The number of carbonyl (C=O) groups excluding carboxylic acids is 1. The first-order valence-corrected chi connectivity index (χ1v) is 4.50. The molecule has 4 heteroatoms. The van der Waals surface area contributed by atoms with E-state index in [2.05, 4.69) is 21.2 Å². The Morgan fingerprint density at radius 1 is 1.58 bits per heavy atom. The minimum absolute atomic E-state index is 0.149. The fraction of sp³-hybridized carbons (Fsp3) is 0.125. The third-order valence-corrected chi connectivity index (χ3v) is 2.82. The van der Waals surface area contributed by atoms with Crippen LogP contribution < -0.4 is 5.32 Å². The summed E-state index contributed by atoms with van der Waals surface area (Å²) in [4.78, 5) is 11.2. The van der Waals surface area contributed by atoms with E-state index in [0.29, 0.717) is 15.1 Å². The molecule has 0 saturated carbocycles. The van der Waals surface area contributed by atoms with Crippen molar-refractivity contribution < 1.29 is 4.79 Å². The van der Waals surface area contributed by atoms with Gasteiger partial charge in [-0.25, -0.2) is 0 Å². The van der Waals surface area contributed by atoms with Crippen LogP contribution in [0.1, 0.15) is 10.4 Å². The van der Waals surface area contributed by atoms with Crippen LogP contribution in [0.25, 0.3) is 0 Å². The zero-order valence-electron chi connectivity index (χ0n) is 6.40. The maximum atomic E-state index is 11.2. The van der Waals surface area contributed by atoms with Gasteiger partial charge in [0.15, 0.2) is 0 Å². The number of carbonyl (C=O) groups is 1. The molecule has 0 radical (unpaired) electrons. The van der Waals surface area contributed by atoms with E-state index in [-0.39, 0.29) is 5.91 Å². The average Bonchev–Trinajstić information content (AvgIpc) is 2.08. The molecule has 0 aromatic heterocycles. The van der Waals surface area contributed by atoms with E-state index in [1.807, 2.05) is 0 Å². The van der Waals surface area contributed by atoms with E-state index in [4.69, 9.17) is 11.6 Å². The Bertz CT molecular complexity index is 314. The van der Waals surface area contributed by atoms with Crippen molar-refractivity contribution in [2.45, 2.75) is 0 Å². The fourth-order valence-corrected chi connectivity index (χ4v) is 1.43. The SMILES string of the molecule is CNC(=O)c1cccc(Cl)c1Br. The lowest BCUT2D eigenvalue weighted by Crippen LogP contribution is -2.18. The first-order chi connectivity index (χ1) is 5.66. The summed E-state index contributed by atoms with van der Waals surface area (Å²) in [5.41, 5.74) is 0.546. The summed E-state index contributed by atoms with van der Waals surface area (Å²) in [6.07, 6.45) is 0. The predicted molar refractivity (Wildman–Crippen MR) is 52.5 cm³/mol. The molecule has 1 rings (SSSR count). The topological polar surface area (TPSA) is 29.1 Å². The first kappa shape index (κ1) is 9.55. The normalized spacial score (nSPS) is 9.58. The summed E-state index contributed by atoms with van der Waals surface area (Å²) in [5, 5.41) is 3.06. The largest absolute Gasteiger partial charge is 0.355 e. The van der Waals surface area contributed by atoms with Crippen molar-refractivity contribution in [2.24, 2.45) is 0 Å². The van der Waals surface area contributed by atoms with Gasteiger partial charge in [0.05, 0.1) is 10.6 Å². The molecule has 1 N–H and O–H groups in total. The number of benzene rings is 1. The van der Waals surface area contributed by atoms with E-state index in [1.54, 1.807) is 25.2 Å². The van der Waals surface area contributed by atoms with Crippen molar-refractivity contribution in [2.75, 3.05) is 7.05 Å². The molecule has 0 bridgehead atoms. The van der Waals surface area contributed by atoms with Gasteiger partial charge in [0.1, 0.15) is 0 Å². The van der Waals surface area contributed by atoms with Crippen molar-refractivity contribution in [1.82, 2.24) is 5.32 Å². The molecule has 64 valence electrons. The van der Waals surface area contributed by atoms with Gasteiger partial charge in [-0.05, 0) is 28.1 Å². The number of halogens is 2. The van der Waals surface area contributed by atoms with Gasteiger partial charge >= 0.3 is 0 Å². The van der Waals surface area contributed by atoms with Crippen molar-refractivity contribution >= 4 is 33.4 Å². The van der Waals surface area contributed by atoms with E-state index < -0.39 is 0 Å². The Morgan fingerprint density at radius 3 is 2.83 bits per heavy atom. The van der Waals surface area contributed by atoms with Crippen LogP contribution in [-0.2, 0) is 0 Å². The van der Waals surface area contributed by atoms with Crippen LogP contribution in [0, 0.1) is 0 Å². The van der Waals surface area contributed by atoms with Crippen molar-refractivity contribution in [3.8, 4) is 0 Å². The van der Waals surface area contributed by atoms with Gasteiger partial charge in [0, 0.05) is 11.5 Å². The number of nitrogens with one attached hydrogen (secondary N) is 1. The second kappa shape index (κ2) is 3.92. The molecular weight excluding hydrogens is 241 g/mol. The fourth-order valence-electron chi connectivity index (χ4n) is 0.814. The van der Waals surface area contributed by atoms with Gasteiger partial charge in [0.2, 0.25) is 0 Å². The molecule has 0 aliphatic carbocycles. The van der Waals surface area contributed by atoms with E-state index in [1.165, 1.54) is 0 Å². The van der Waals surface area contributed by atoms with Gasteiger partial charge in [-0.15, -0.1) is 0 Å². The van der Waals surface area contributed by atoms with Gasteiger partial charge in [-0.1, -0.05) is 17.7 Å². The van der Waals surface area contributed by atoms with Crippen molar-refractivity contribution in [3.63, 3.8) is 0 Å². The van der Waals surface area contributed by atoms with Crippen molar-refractivity contribution in [1.29, 1.82) is 0 Å². The molecule has 2 nitrogen and oxygen atoms in total. The van der Waals surface area contributed by atoms with Gasteiger partial charge < -0.3 is 5.32 Å². The van der Waals surface area contributed by atoms with Crippen molar-refractivity contribution in [3.05, 3.63) is 33.3 Å². The number of hydrogen-bond donors (Lipinski definition) is 1. The van der Waals surface area contributed by atoms with Gasteiger partial charge in [-0.3, -0.25) is 4.79 Å². The lowest BCUT2D eigenvalue weighted by molar-refractivity contribution is 0.0962. The lowest BCUT2D eigenvalue weighted by atomic mass is 10.2. The molecule has 1 aromatic carbocycles. The number of rotatable bonds is 1. The lowest BCUT2D eigenvalue weighted by Gasteiger charge is -2.03. The zero-order chi connectivity index (χ0) is 9.14. The van der Waals surface area contributed by atoms with Crippen LogP contribution in [0.15, 0.2) is 22.7 Å². The Morgan fingerprint density at radius 2 is 2.25 bits per heavy atom. The Kier molecular flexibility index (Phi) is 3.12. The van der Waals surface area contributed by atoms with Crippen LogP contribution in [0.2, 0.25) is 5.02 Å². The summed E-state index contributed by atoms with van der Waals surface area (Å²) >= 11 is 9.02. The molecule has 0 spiro atoms. The zero-order valence-corrected chi connectivity index (χ0v) is 8.74. The first-order valence-electron chi connectivity index (χ1n) is 3.33. The molecule has 0 fully saturated rings. The standard InChI is InChI=1S/C8H7BrClNO/c1-11-8(12)5-3-2-4-6(10)7(5)9/h2-4H,1H3,(H,11,12). The highest BCUT2D eigenvalue weighted by molar-refractivity contribution is 9.10. The van der Waals surface area contributed by atoms with Gasteiger partial charge in [-0.2, -0.15) is 0 Å². The third kappa shape index (κ3) is 1.79. The Hall–Kier alpha value is -0.540. The molecule has 0 aliphatic heterocycles. The van der Waals surface area contributed by atoms with Crippen LogP contribution >= 0.6 is 27.5 Å². The molecule has 1 amide bonds. The second-order valence-corrected chi connectivity index (χ2v) is 3.38. The number of amides is 1. The third-order valence-electron chi connectivity index (χ3n) is 1.42. The minimum atomic E-state index is -0.149. The predicted octanol–water partition coefficient (Wildman–Crippen LogP) is 2.46. The molecule has 12 heavy (non-hydrogen) atoms. The summed E-state index contributed by atoms with van der Waals surface area (Å²) in [6.45, 7) is 0. The Labute approximate surface area is 84.0 Å². The molecule has 0 aliphatic rings. The quantitative estimate of drug-likeness (QED) is 0.813. The highest BCUT2D eigenvalue weighted by Crippen LogP contribution is 2.25. The maximum absolute atomic E-state index is 11.2. The molecule has 0 unspecified atom stereocenters. The summed E-state index contributed by atoms with van der Waals surface area (Å²) in [7, 11) is 1.58. The van der Waals surface area contributed by atoms with Crippen LogP contribution in [0.5, 0.6) is 0 Å². The maximum Gasteiger partial charge on any atom is 0.252 e. The van der Waals surface area contributed by atoms with Gasteiger partial charge in [0.25, 0.3) is 5.91 Å². The van der Waals surface area contributed by atoms with Crippen LogP contribution in [0.4, 0.5) is 0 Å². The number of hydrogen-bond acceptors (Lipinski definition) is 1. The minimum Gasteiger partial charge on any atom is -0.355 e. The second-order valence-electron chi connectivity index (χ2n) is 2.18. The monoisotopic (exact) mass is 247 g/mol. The average molecular weight is 249 g/mol. The van der Waals surface area contributed by atoms with E-state index >= 15 is 0 Å². The smallest absolute Gasteiger partial charge is 0.252 e. The molecular formula is C8H7BrClNO. The highest BCUT2D eigenvalue weighted by atomic mass is 79.9. The summed E-state index contributed by atoms with van der Waals surface area (Å²) in [5.74, 6) is -0.149. The van der Waals surface area contributed by atoms with E-state index in [9.17, 15) is 4.79 Å². The molecule has 0 saturated heterocycles. The van der Waals surface area contributed by atoms with Crippen LogP contribution in [0.3, 0.4) is 0 Å². The summed E-state index contributed by atoms with van der Waals surface area (Å²) in [6, 6.07) is 5.16. The van der Waals surface area contributed by atoms with Crippen LogP contribution in [-0.4, -0.2) is 13.0 Å². The molecule has 0 atom stereocenters. The summed E-state index contributed by atoms with van der Waals surface area (Å²) < 4.78 is 0.631. The molecule has 1 aromatic rings. The van der Waals surface area contributed by atoms with E-state index in [0.717, 1.165) is 0 Å². The molecule has 0 heterocycles. The Balaban J connectivity index is 3.16. The highest BCUT2D eigenvalue weighted by Gasteiger charge is 2.09.